The number of hydrogen-bond acceptors (Lipinski definition) is 7. The molecule has 0 spiro atoms. The van der Waals surface area contributed by atoms with E-state index in [1.807, 2.05) is 0 Å². The fraction of sp³-hybridized carbons (Fsp3) is 0.200. The van der Waals surface area contributed by atoms with Gasteiger partial charge in [-0.3, -0.25) is 4.79 Å². The number of benzene rings is 2. The number of anilines is 1. The quantitative estimate of drug-likeness (QED) is 0.500. The van der Waals surface area contributed by atoms with Gasteiger partial charge in [0.05, 0.1) is 26.8 Å². The van der Waals surface area contributed by atoms with Gasteiger partial charge in [0.15, 0.2) is 17.1 Å². The molecule has 1 N–H and O–H groups in total. The molecular formula is C20H18FN5O5. The van der Waals surface area contributed by atoms with Crippen LogP contribution in [-0.2, 0) is 11.3 Å². The van der Waals surface area contributed by atoms with Gasteiger partial charge in [0, 0.05) is 29.3 Å². The van der Waals surface area contributed by atoms with Gasteiger partial charge in [-0.25, -0.2) is 23.3 Å². The molecule has 4 rings (SSSR count). The SMILES string of the molecule is COc1cc(NC(=O)Cn2nc3c4ccc(F)cc4ncn3c2=O)cc(OC)c1OC. The Balaban J connectivity index is 1.64. The Morgan fingerprint density at radius 2 is 1.81 bits per heavy atom. The minimum atomic E-state index is -0.547. The van der Waals surface area contributed by atoms with Crippen molar-refractivity contribution < 1.29 is 23.4 Å². The highest BCUT2D eigenvalue weighted by molar-refractivity contribution is 5.92. The van der Waals surface area contributed by atoms with Crippen LogP contribution in [0.5, 0.6) is 17.2 Å². The van der Waals surface area contributed by atoms with Gasteiger partial charge in [-0.15, -0.1) is 5.10 Å². The number of ether oxygens (including phenoxy) is 3. The van der Waals surface area contributed by atoms with Crippen molar-refractivity contribution in [2.75, 3.05) is 26.6 Å². The van der Waals surface area contributed by atoms with E-state index in [9.17, 15) is 14.0 Å². The number of halogens is 1. The monoisotopic (exact) mass is 427 g/mol. The van der Waals surface area contributed by atoms with E-state index < -0.39 is 17.4 Å². The first-order valence-corrected chi connectivity index (χ1v) is 9.08. The molecule has 2 aromatic heterocycles. The molecule has 0 atom stereocenters. The number of carbonyl (C=O) groups is 1. The number of amides is 1. The first-order valence-electron chi connectivity index (χ1n) is 9.08. The molecule has 10 nitrogen and oxygen atoms in total. The van der Waals surface area contributed by atoms with Gasteiger partial charge in [0.25, 0.3) is 0 Å². The first-order chi connectivity index (χ1) is 14.9. The maximum Gasteiger partial charge on any atom is 0.352 e. The highest BCUT2D eigenvalue weighted by Crippen LogP contribution is 2.39. The zero-order chi connectivity index (χ0) is 22.1. The van der Waals surface area contributed by atoms with E-state index in [2.05, 4.69) is 15.4 Å². The van der Waals surface area contributed by atoms with E-state index >= 15 is 0 Å². The maximum atomic E-state index is 13.4. The number of hydrogen-bond donors (Lipinski definition) is 1. The van der Waals surface area contributed by atoms with Crippen LogP contribution in [0.1, 0.15) is 0 Å². The van der Waals surface area contributed by atoms with Gasteiger partial charge in [0.1, 0.15) is 18.7 Å². The average Bonchev–Trinajstić information content (AvgIpc) is 3.08. The highest BCUT2D eigenvalue weighted by atomic mass is 19.1. The third-order valence-corrected chi connectivity index (χ3v) is 4.63. The molecule has 4 aromatic rings. The highest BCUT2D eigenvalue weighted by Gasteiger charge is 2.17. The van der Waals surface area contributed by atoms with Gasteiger partial charge in [-0.2, -0.15) is 0 Å². The lowest BCUT2D eigenvalue weighted by Gasteiger charge is -2.14. The molecule has 0 bridgehead atoms. The zero-order valence-electron chi connectivity index (χ0n) is 16.9. The Kier molecular flexibility index (Phi) is 5.15. The summed E-state index contributed by atoms with van der Waals surface area (Å²) in [5.74, 6) is 0.174. The Labute approximate surface area is 174 Å². The smallest absolute Gasteiger partial charge is 0.352 e. The Morgan fingerprint density at radius 1 is 1.10 bits per heavy atom. The summed E-state index contributed by atoms with van der Waals surface area (Å²) in [6.45, 7) is -0.347. The van der Waals surface area contributed by atoms with Crippen LogP contribution in [-0.4, -0.2) is 46.4 Å². The fourth-order valence-electron chi connectivity index (χ4n) is 3.22. The van der Waals surface area contributed by atoms with E-state index in [1.54, 1.807) is 12.1 Å². The van der Waals surface area contributed by atoms with Crippen molar-refractivity contribution in [1.82, 2.24) is 19.2 Å². The summed E-state index contributed by atoms with van der Waals surface area (Å²) in [4.78, 5) is 29.3. The third-order valence-electron chi connectivity index (χ3n) is 4.63. The van der Waals surface area contributed by atoms with Crippen LogP contribution in [0.15, 0.2) is 41.5 Å². The van der Waals surface area contributed by atoms with E-state index in [0.717, 1.165) is 4.68 Å². The van der Waals surface area contributed by atoms with Crippen molar-refractivity contribution >= 4 is 28.1 Å². The van der Waals surface area contributed by atoms with Crippen molar-refractivity contribution in [3.63, 3.8) is 0 Å². The summed E-state index contributed by atoms with van der Waals surface area (Å²) in [6.07, 6.45) is 1.25. The maximum absolute atomic E-state index is 13.4. The van der Waals surface area contributed by atoms with Gasteiger partial charge in [-0.05, 0) is 12.1 Å². The minimum Gasteiger partial charge on any atom is -0.493 e. The lowest BCUT2D eigenvalue weighted by atomic mass is 10.2. The lowest BCUT2D eigenvalue weighted by molar-refractivity contribution is -0.117. The molecule has 0 fully saturated rings. The third kappa shape index (κ3) is 3.61. The van der Waals surface area contributed by atoms with Crippen LogP contribution in [0.3, 0.4) is 0 Å². The van der Waals surface area contributed by atoms with E-state index in [1.165, 1.54) is 50.3 Å². The number of rotatable bonds is 6. The molecule has 0 saturated heterocycles. The molecule has 0 saturated carbocycles. The standard InChI is InChI=1S/C20H18FN5O5/c1-29-15-7-12(8-16(30-2)18(15)31-3)23-17(27)9-26-20(28)25-10-22-14-6-11(21)4-5-13(14)19(25)24-26/h4-8,10H,9H2,1-3H3,(H,23,27). The molecule has 0 radical (unpaired) electrons. The normalized spacial score (nSPS) is 11.0. The van der Waals surface area contributed by atoms with Crippen LogP contribution >= 0.6 is 0 Å². The minimum absolute atomic E-state index is 0.274. The summed E-state index contributed by atoms with van der Waals surface area (Å²) < 4.78 is 31.4. The van der Waals surface area contributed by atoms with Crippen molar-refractivity contribution in [2.24, 2.45) is 0 Å². The fourth-order valence-corrected chi connectivity index (χ4v) is 3.22. The number of nitrogens with zero attached hydrogens (tertiary/aromatic N) is 4. The van der Waals surface area contributed by atoms with E-state index in [-0.39, 0.29) is 12.2 Å². The summed E-state index contributed by atoms with van der Waals surface area (Å²) in [6, 6.07) is 7.12. The zero-order valence-corrected chi connectivity index (χ0v) is 16.9. The molecule has 2 aromatic carbocycles. The van der Waals surface area contributed by atoms with Crippen molar-refractivity contribution in [3.05, 3.63) is 53.0 Å². The molecule has 0 unspecified atom stereocenters. The predicted molar refractivity (Wildman–Crippen MR) is 109 cm³/mol. The topological polar surface area (TPSA) is 109 Å². The van der Waals surface area contributed by atoms with E-state index in [4.69, 9.17) is 14.2 Å². The predicted octanol–water partition coefficient (Wildman–Crippen LogP) is 1.85. The molecule has 0 aliphatic carbocycles. The molecule has 0 aliphatic heterocycles. The molecular weight excluding hydrogens is 409 g/mol. The average molecular weight is 427 g/mol. The van der Waals surface area contributed by atoms with Gasteiger partial charge in [-0.1, -0.05) is 0 Å². The molecule has 11 heteroatoms. The summed E-state index contributed by atoms with van der Waals surface area (Å²) in [5.41, 5.74) is 0.467. The van der Waals surface area contributed by atoms with Gasteiger partial charge < -0.3 is 19.5 Å². The first kappa shape index (κ1) is 20.1. The molecule has 1 amide bonds. The number of carbonyl (C=O) groups excluding carboxylic acids is 1. The number of aromatic nitrogens is 4. The van der Waals surface area contributed by atoms with Crippen LogP contribution in [0.4, 0.5) is 10.1 Å². The van der Waals surface area contributed by atoms with Crippen molar-refractivity contribution in [2.45, 2.75) is 6.54 Å². The van der Waals surface area contributed by atoms with Gasteiger partial charge in [0.2, 0.25) is 11.7 Å². The van der Waals surface area contributed by atoms with Crippen molar-refractivity contribution in [1.29, 1.82) is 0 Å². The second kappa shape index (κ2) is 7.94. The molecule has 2 heterocycles. The summed E-state index contributed by atoms with van der Waals surface area (Å²) in [5, 5.41) is 7.39. The Morgan fingerprint density at radius 3 is 2.45 bits per heavy atom. The second-order valence-corrected chi connectivity index (χ2v) is 6.50. The van der Waals surface area contributed by atoms with Gasteiger partial charge >= 0.3 is 5.69 Å². The lowest BCUT2D eigenvalue weighted by Crippen LogP contribution is -2.28. The summed E-state index contributed by atoms with van der Waals surface area (Å²) in [7, 11) is 4.40. The second-order valence-electron chi connectivity index (χ2n) is 6.50. The Bertz CT molecular complexity index is 1340. The summed E-state index contributed by atoms with van der Waals surface area (Å²) >= 11 is 0. The van der Waals surface area contributed by atoms with Crippen LogP contribution < -0.4 is 25.2 Å². The Hall–Kier alpha value is -4.15. The molecule has 0 aliphatic rings. The van der Waals surface area contributed by atoms with E-state index in [0.29, 0.717) is 33.8 Å². The number of fused-ring (bicyclic) bond motifs is 3. The van der Waals surface area contributed by atoms with Crippen LogP contribution in [0.2, 0.25) is 0 Å². The molecule has 31 heavy (non-hydrogen) atoms. The number of methoxy groups -OCH3 is 3. The van der Waals surface area contributed by atoms with Crippen LogP contribution in [0.25, 0.3) is 16.6 Å². The van der Waals surface area contributed by atoms with Crippen LogP contribution in [0, 0.1) is 5.82 Å². The molecule has 160 valence electrons. The number of nitrogens with one attached hydrogen (secondary N) is 1. The largest absolute Gasteiger partial charge is 0.493 e. The van der Waals surface area contributed by atoms with Crippen molar-refractivity contribution in [3.8, 4) is 17.2 Å².